The number of unbranched alkanes of at least 4 members (excludes halogenated alkanes) is 1. The van der Waals surface area contributed by atoms with Crippen molar-refractivity contribution < 1.29 is 27.9 Å². The molecule has 212 valence electrons. The molecule has 1 unspecified atom stereocenters. The van der Waals surface area contributed by atoms with Gasteiger partial charge in [-0.05, 0) is 74.4 Å². The SMILES string of the molecule is O=C(CCCCc1ccc2c(n1)NCCC2)NCCC(NS(=O)(=O)c1cccc(Oc2ccccc2)c1)C(=O)O. The molecule has 2 aromatic carbocycles. The summed E-state index contributed by atoms with van der Waals surface area (Å²) < 4.78 is 33.7. The van der Waals surface area contributed by atoms with Gasteiger partial charge in [0, 0.05) is 31.3 Å². The van der Waals surface area contributed by atoms with Gasteiger partial charge in [-0.25, -0.2) is 13.4 Å². The number of fused-ring (bicyclic) bond motifs is 1. The molecule has 10 nitrogen and oxygen atoms in total. The number of aromatic nitrogens is 1. The molecule has 0 bridgehead atoms. The van der Waals surface area contributed by atoms with E-state index in [-0.39, 0.29) is 23.8 Å². The van der Waals surface area contributed by atoms with Crippen molar-refractivity contribution in [3.8, 4) is 11.5 Å². The van der Waals surface area contributed by atoms with Gasteiger partial charge in [-0.3, -0.25) is 9.59 Å². The van der Waals surface area contributed by atoms with Crippen molar-refractivity contribution in [2.75, 3.05) is 18.4 Å². The first-order valence-electron chi connectivity index (χ1n) is 13.4. The summed E-state index contributed by atoms with van der Waals surface area (Å²) in [6, 6.07) is 17.4. The van der Waals surface area contributed by atoms with Gasteiger partial charge in [-0.1, -0.05) is 30.3 Å². The number of anilines is 1. The molecule has 2 heterocycles. The van der Waals surface area contributed by atoms with Crippen LogP contribution in [0.25, 0.3) is 0 Å². The maximum atomic E-state index is 12.9. The van der Waals surface area contributed by atoms with Crippen LogP contribution in [0.5, 0.6) is 11.5 Å². The number of aryl methyl sites for hydroxylation is 2. The van der Waals surface area contributed by atoms with E-state index in [9.17, 15) is 23.1 Å². The normalized spacial score (nSPS) is 13.5. The molecule has 0 saturated carbocycles. The summed E-state index contributed by atoms with van der Waals surface area (Å²) in [5.41, 5.74) is 2.23. The number of aliphatic carboxylic acids is 1. The molecule has 1 aliphatic heterocycles. The molecule has 0 spiro atoms. The Morgan fingerprint density at radius 1 is 1.02 bits per heavy atom. The third kappa shape index (κ3) is 8.52. The van der Waals surface area contributed by atoms with Crippen molar-refractivity contribution in [2.24, 2.45) is 0 Å². The molecule has 1 amide bonds. The molecule has 1 aliphatic rings. The van der Waals surface area contributed by atoms with Gasteiger partial charge < -0.3 is 20.5 Å². The molecule has 0 radical (unpaired) electrons. The van der Waals surface area contributed by atoms with Gasteiger partial charge >= 0.3 is 5.97 Å². The fourth-order valence-electron chi connectivity index (χ4n) is 4.36. The molecule has 0 saturated heterocycles. The van der Waals surface area contributed by atoms with Crippen LogP contribution in [0.2, 0.25) is 0 Å². The lowest BCUT2D eigenvalue weighted by Crippen LogP contribution is -2.43. The predicted octanol–water partition coefficient (Wildman–Crippen LogP) is 3.88. The largest absolute Gasteiger partial charge is 0.480 e. The second-order valence-corrected chi connectivity index (χ2v) is 11.3. The molecular weight excluding hydrogens is 532 g/mol. The molecule has 1 aromatic heterocycles. The number of pyridine rings is 1. The molecule has 11 heteroatoms. The van der Waals surface area contributed by atoms with E-state index in [1.165, 1.54) is 23.8 Å². The summed E-state index contributed by atoms with van der Waals surface area (Å²) in [5, 5.41) is 15.6. The topological polar surface area (TPSA) is 147 Å². The second-order valence-electron chi connectivity index (χ2n) is 9.59. The van der Waals surface area contributed by atoms with Gasteiger partial charge in [-0.2, -0.15) is 4.72 Å². The van der Waals surface area contributed by atoms with Crippen LogP contribution in [0.1, 0.15) is 43.4 Å². The lowest BCUT2D eigenvalue weighted by atomic mass is 10.1. The number of nitrogens with one attached hydrogen (secondary N) is 3. The summed E-state index contributed by atoms with van der Waals surface area (Å²) in [7, 11) is -4.15. The Kier molecular flexibility index (Phi) is 10.1. The van der Waals surface area contributed by atoms with Crippen LogP contribution in [-0.2, 0) is 32.5 Å². The second kappa shape index (κ2) is 13.9. The van der Waals surface area contributed by atoms with Crippen molar-refractivity contribution in [3.63, 3.8) is 0 Å². The van der Waals surface area contributed by atoms with Crippen molar-refractivity contribution >= 4 is 27.7 Å². The Balaban J connectivity index is 1.21. The average Bonchev–Trinajstić information content (AvgIpc) is 2.95. The van der Waals surface area contributed by atoms with Gasteiger partial charge in [0.05, 0.1) is 4.90 Å². The van der Waals surface area contributed by atoms with E-state index in [2.05, 4.69) is 26.4 Å². The van der Waals surface area contributed by atoms with E-state index in [0.29, 0.717) is 24.3 Å². The van der Waals surface area contributed by atoms with Gasteiger partial charge in [-0.15, -0.1) is 0 Å². The highest BCUT2D eigenvalue weighted by molar-refractivity contribution is 7.89. The first-order valence-corrected chi connectivity index (χ1v) is 14.9. The number of carboxylic acids is 1. The third-order valence-corrected chi connectivity index (χ3v) is 7.95. The lowest BCUT2D eigenvalue weighted by Gasteiger charge is -2.17. The zero-order chi connectivity index (χ0) is 28.4. The molecule has 4 rings (SSSR count). The van der Waals surface area contributed by atoms with Crippen molar-refractivity contribution in [1.29, 1.82) is 0 Å². The minimum Gasteiger partial charge on any atom is -0.480 e. The zero-order valence-electron chi connectivity index (χ0n) is 22.1. The molecule has 40 heavy (non-hydrogen) atoms. The van der Waals surface area contributed by atoms with Gasteiger partial charge in [0.2, 0.25) is 15.9 Å². The van der Waals surface area contributed by atoms with Crippen LogP contribution < -0.4 is 20.1 Å². The number of carboxylic acid groups (broad SMARTS) is 1. The Bertz CT molecular complexity index is 1420. The molecule has 0 aliphatic carbocycles. The van der Waals surface area contributed by atoms with E-state index in [1.54, 1.807) is 30.3 Å². The predicted molar refractivity (Wildman–Crippen MR) is 151 cm³/mol. The van der Waals surface area contributed by atoms with Crippen LogP contribution >= 0.6 is 0 Å². The summed E-state index contributed by atoms with van der Waals surface area (Å²) in [6.07, 6.45) is 4.56. The Morgan fingerprint density at radius 2 is 1.82 bits per heavy atom. The highest BCUT2D eigenvalue weighted by Gasteiger charge is 2.25. The summed E-state index contributed by atoms with van der Waals surface area (Å²) in [6.45, 7) is 0.957. The van der Waals surface area contributed by atoms with Gasteiger partial charge in [0.25, 0.3) is 0 Å². The Labute approximate surface area is 234 Å². The van der Waals surface area contributed by atoms with Crippen LogP contribution in [0.15, 0.2) is 71.6 Å². The number of ether oxygens (including phenoxy) is 1. The third-order valence-electron chi connectivity index (χ3n) is 6.48. The zero-order valence-corrected chi connectivity index (χ0v) is 23.0. The number of nitrogens with zero attached hydrogens (tertiary/aromatic N) is 1. The van der Waals surface area contributed by atoms with Gasteiger partial charge in [0.15, 0.2) is 0 Å². The number of hydrogen-bond donors (Lipinski definition) is 4. The maximum absolute atomic E-state index is 12.9. The first-order chi connectivity index (χ1) is 19.3. The number of benzene rings is 2. The monoisotopic (exact) mass is 566 g/mol. The fourth-order valence-corrected chi connectivity index (χ4v) is 5.62. The van der Waals surface area contributed by atoms with Crippen LogP contribution in [0, 0.1) is 0 Å². The highest BCUT2D eigenvalue weighted by Crippen LogP contribution is 2.24. The fraction of sp³-hybridized carbons (Fsp3) is 0.345. The minimum absolute atomic E-state index is 0.0214. The number of para-hydroxylation sites is 1. The molecule has 3 aromatic rings. The smallest absolute Gasteiger partial charge is 0.321 e. The van der Waals surface area contributed by atoms with Crippen LogP contribution in [-0.4, -0.2) is 49.5 Å². The number of sulfonamides is 1. The van der Waals surface area contributed by atoms with E-state index in [0.717, 1.165) is 43.7 Å². The molecular formula is C29H34N4O6S. The quantitative estimate of drug-likeness (QED) is 0.215. The first kappa shape index (κ1) is 29.0. The summed E-state index contributed by atoms with van der Waals surface area (Å²) >= 11 is 0. The standard InChI is InChI=1S/C29H34N4O6S/c34-27(14-5-4-9-22-16-15-21-8-7-18-31-28(21)32-22)30-19-17-26(29(35)36)33-40(37,38)25-13-6-12-24(20-25)39-23-10-2-1-3-11-23/h1-3,6,10-13,15-16,20,26,33H,4-5,7-9,14,17-19H2,(H,30,34)(H,31,32)(H,35,36). The molecule has 1 atom stereocenters. The number of carbonyl (C=O) groups is 2. The van der Waals surface area contributed by atoms with E-state index in [4.69, 9.17) is 4.74 Å². The van der Waals surface area contributed by atoms with Crippen LogP contribution in [0.4, 0.5) is 5.82 Å². The van der Waals surface area contributed by atoms with Gasteiger partial charge in [0.1, 0.15) is 23.4 Å². The maximum Gasteiger partial charge on any atom is 0.321 e. The minimum atomic E-state index is -4.15. The van der Waals surface area contributed by atoms with E-state index in [1.807, 2.05) is 12.1 Å². The van der Waals surface area contributed by atoms with E-state index >= 15 is 0 Å². The number of carbonyl (C=O) groups excluding carboxylic acids is 1. The summed E-state index contributed by atoms with van der Waals surface area (Å²) in [4.78, 5) is 28.5. The molecule has 0 fully saturated rings. The number of hydrogen-bond acceptors (Lipinski definition) is 7. The Hall–Kier alpha value is -3.96. The van der Waals surface area contributed by atoms with Crippen molar-refractivity contribution in [2.45, 2.75) is 55.9 Å². The summed E-state index contributed by atoms with van der Waals surface area (Å²) in [5.74, 6) is 0.252. The number of amides is 1. The average molecular weight is 567 g/mol. The van der Waals surface area contributed by atoms with Crippen LogP contribution in [0.3, 0.4) is 0 Å². The molecule has 4 N–H and O–H groups in total. The highest BCUT2D eigenvalue weighted by atomic mass is 32.2. The van der Waals surface area contributed by atoms with Crippen molar-refractivity contribution in [3.05, 3.63) is 78.0 Å². The Morgan fingerprint density at radius 3 is 2.62 bits per heavy atom. The van der Waals surface area contributed by atoms with E-state index < -0.39 is 22.0 Å². The number of rotatable bonds is 14. The van der Waals surface area contributed by atoms with Crippen molar-refractivity contribution in [1.82, 2.24) is 15.0 Å². The lowest BCUT2D eigenvalue weighted by molar-refractivity contribution is -0.139.